The normalized spacial score (nSPS) is 14.9. The summed E-state index contributed by atoms with van der Waals surface area (Å²) in [5.41, 5.74) is 0.309. The molecule has 0 heterocycles. The smallest absolute Gasteiger partial charge is 0.0894 e. The number of hydrogen-bond acceptors (Lipinski definition) is 2. The number of aliphatic hydroxyl groups is 1. The summed E-state index contributed by atoms with van der Waals surface area (Å²) in [5.74, 6) is 0. The van der Waals surface area contributed by atoms with E-state index >= 15 is 0 Å². The number of rotatable bonds is 6. The minimum Gasteiger partial charge on any atom is -0.385 e. The van der Waals surface area contributed by atoms with Crippen molar-refractivity contribution in [2.24, 2.45) is 0 Å². The minimum atomic E-state index is -0.695. The predicted octanol–water partition coefficient (Wildman–Crippen LogP) is 2.71. The summed E-state index contributed by atoms with van der Waals surface area (Å²) in [6, 6.07) is 9.86. The van der Waals surface area contributed by atoms with Gasteiger partial charge in [0.25, 0.3) is 0 Å². The van der Waals surface area contributed by atoms with Gasteiger partial charge in [0.1, 0.15) is 0 Å². The molecule has 1 rings (SSSR count). The summed E-state index contributed by atoms with van der Waals surface area (Å²) in [5, 5.41) is 10.5. The van der Waals surface area contributed by atoms with Gasteiger partial charge in [-0.1, -0.05) is 37.3 Å². The van der Waals surface area contributed by atoms with Crippen LogP contribution in [-0.2, 0) is 10.3 Å². The van der Waals surface area contributed by atoms with Gasteiger partial charge in [-0.05, 0) is 24.8 Å². The Balaban J connectivity index is 2.67. The second-order valence-electron chi connectivity index (χ2n) is 3.85. The van der Waals surface area contributed by atoms with Crippen molar-refractivity contribution < 1.29 is 9.84 Å². The zero-order chi connectivity index (χ0) is 11.1. The molecule has 0 radical (unpaired) electrons. The Kier molecular flexibility index (Phi) is 4.79. The Bertz CT molecular complexity index is 271. The molecule has 0 amide bonds. The fraction of sp³-hybridized carbons (Fsp3) is 0.538. The second kappa shape index (κ2) is 5.89. The van der Waals surface area contributed by atoms with Crippen molar-refractivity contribution >= 4 is 0 Å². The molecule has 0 saturated carbocycles. The highest BCUT2D eigenvalue weighted by molar-refractivity contribution is 5.21. The molecule has 0 aliphatic heterocycles. The highest BCUT2D eigenvalue weighted by Crippen LogP contribution is 2.29. The van der Waals surface area contributed by atoms with Crippen LogP contribution in [0.25, 0.3) is 0 Å². The molecule has 1 aromatic rings. The van der Waals surface area contributed by atoms with Crippen molar-refractivity contribution in [1.82, 2.24) is 0 Å². The topological polar surface area (TPSA) is 29.5 Å². The third-order valence-electron chi connectivity index (χ3n) is 2.83. The molecule has 1 atom stereocenters. The van der Waals surface area contributed by atoms with Crippen LogP contribution in [0.5, 0.6) is 0 Å². The molecule has 0 spiro atoms. The Morgan fingerprint density at radius 2 is 1.93 bits per heavy atom. The van der Waals surface area contributed by atoms with Crippen LogP contribution in [0.4, 0.5) is 0 Å². The molecule has 15 heavy (non-hydrogen) atoms. The monoisotopic (exact) mass is 208 g/mol. The van der Waals surface area contributed by atoms with E-state index in [0.29, 0.717) is 6.61 Å². The fourth-order valence-corrected chi connectivity index (χ4v) is 1.78. The number of hydrogen-bond donors (Lipinski definition) is 1. The molecule has 0 aliphatic rings. The quantitative estimate of drug-likeness (QED) is 0.728. The molecule has 0 saturated heterocycles. The van der Waals surface area contributed by atoms with Gasteiger partial charge in [-0.25, -0.2) is 0 Å². The van der Waals surface area contributed by atoms with Crippen molar-refractivity contribution in [3.8, 4) is 0 Å². The molecule has 1 N–H and O–H groups in total. The van der Waals surface area contributed by atoms with Crippen LogP contribution in [-0.4, -0.2) is 18.8 Å². The molecule has 2 heteroatoms. The van der Waals surface area contributed by atoms with Crippen LogP contribution in [0, 0.1) is 0 Å². The van der Waals surface area contributed by atoms with E-state index in [1.165, 1.54) is 0 Å². The highest BCUT2D eigenvalue weighted by Gasteiger charge is 2.25. The van der Waals surface area contributed by atoms with Crippen LogP contribution >= 0.6 is 0 Å². The lowest BCUT2D eigenvalue weighted by atomic mass is 9.87. The van der Waals surface area contributed by atoms with Gasteiger partial charge in [-0.15, -0.1) is 0 Å². The number of ether oxygens (including phenoxy) is 1. The Morgan fingerprint density at radius 1 is 1.27 bits per heavy atom. The molecular weight excluding hydrogens is 188 g/mol. The minimum absolute atomic E-state index is 0.695. The van der Waals surface area contributed by atoms with E-state index in [1.807, 2.05) is 37.3 Å². The number of benzene rings is 1. The van der Waals surface area contributed by atoms with E-state index in [2.05, 4.69) is 0 Å². The lowest BCUT2D eigenvalue weighted by Crippen LogP contribution is -2.25. The summed E-state index contributed by atoms with van der Waals surface area (Å²) in [7, 11) is 1.69. The number of methoxy groups -OCH3 is 1. The van der Waals surface area contributed by atoms with Crippen molar-refractivity contribution in [1.29, 1.82) is 0 Å². The maximum absolute atomic E-state index is 10.5. The molecule has 84 valence electrons. The van der Waals surface area contributed by atoms with Gasteiger partial charge in [0.05, 0.1) is 5.60 Å². The standard InChI is InChI=1S/C13H20O2/c1-3-13(14,10-7-11-15-2)12-8-5-4-6-9-12/h4-6,8-9,14H,3,7,10-11H2,1-2H3. The average molecular weight is 208 g/mol. The van der Waals surface area contributed by atoms with Gasteiger partial charge in [0, 0.05) is 13.7 Å². The van der Waals surface area contributed by atoms with Crippen LogP contribution in [0.2, 0.25) is 0 Å². The third kappa shape index (κ3) is 3.33. The zero-order valence-electron chi connectivity index (χ0n) is 9.57. The summed E-state index contributed by atoms with van der Waals surface area (Å²) in [6.07, 6.45) is 2.37. The molecular formula is C13H20O2. The van der Waals surface area contributed by atoms with Gasteiger partial charge in [0.15, 0.2) is 0 Å². The molecule has 0 aliphatic carbocycles. The first-order valence-electron chi connectivity index (χ1n) is 5.50. The van der Waals surface area contributed by atoms with Crippen LogP contribution < -0.4 is 0 Å². The summed E-state index contributed by atoms with van der Waals surface area (Å²) < 4.78 is 5.01. The van der Waals surface area contributed by atoms with Gasteiger partial charge in [-0.2, -0.15) is 0 Å². The average Bonchev–Trinajstić information content (AvgIpc) is 2.30. The third-order valence-corrected chi connectivity index (χ3v) is 2.83. The van der Waals surface area contributed by atoms with Gasteiger partial charge < -0.3 is 9.84 Å². The highest BCUT2D eigenvalue weighted by atomic mass is 16.5. The van der Waals surface area contributed by atoms with Crippen molar-refractivity contribution in [2.45, 2.75) is 31.8 Å². The molecule has 1 unspecified atom stereocenters. The largest absolute Gasteiger partial charge is 0.385 e. The lowest BCUT2D eigenvalue weighted by Gasteiger charge is -2.27. The van der Waals surface area contributed by atoms with E-state index < -0.39 is 5.60 Å². The van der Waals surface area contributed by atoms with E-state index in [0.717, 1.165) is 24.8 Å². The van der Waals surface area contributed by atoms with Crippen LogP contribution in [0.15, 0.2) is 30.3 Å². The first kappa shape index (κ1) is 12.2. The SMILES string of the molecule is CCC(O)(CCCOC)c1ccccc1. The zero-order valence-corrected chi connectivity index (χ0v) is 9.57. The molecule has 1 aromatic carbocycles. The Morgan fingerprint density at radius 3 is 2.47 bits per heavy atom. The van der Waals surface area contributed by atoms with Crippen molar-refractivity contribution in [3.63, 3.8) is 0 Å². The van der Waals surface area contributed by atoms with Gasteiger partial charge >= 0.3 is 0 Å². The molecule has 0 bridgehead atoms. The van der Waals surface area contributed by atoms with Gasteiger partial charge in [0.2, 0.25) is 0 Å². The van der Waals surface area contributed by atoms with Crippen molar-refractivity contribution in [2.75, 3.05) is 13.7 Å². The van der Waals surface area contributed by atoms with E-state index in [4.69, 9.17) is 4.74 Å². The van der Waals surface area contributed by atoms with E-state index in [-0.39, 0.29) is 0 Å². The second-order valence-corrected chi connectivity index (χ2v) is 3.85. The van der Waals surface area contributed by atoms with E-state index in [9.17, 15) is 5.11 Å². The fourth-order valence-electron chi connectivity index (χ4n) is 1.78. The predicted molar refractivity (Wildman–Crippen MR) is 61.7 cm³/mol. The Hall–Kier alpha value is -0.860. The van der Waals surface area contributed by atoms with Crippen LogP contribution in [0.3, 0.4) is 0 Å². The summed E-state index contributed by atoms with van der Waals surface area (Å²) in [4.78, 5) is 0. The summed E-state index contributed by atoms with van der Waals surface area (Å²) in [6.45, 7) is 2.72. The maximum Gasteiger partial charge on any atom is 0.0894 e. The summed E-state index contributed by atoms with van der Waals surface area (Å²) >= 11 is 0. The van der Waals surface area contributed by atoms with Gasteiger partial charge in [-0.3, -0.25) is 0 Å². The lowest BCUT2D eigenvalue weighted by molar-refractivity contribution is 0.0147. The molecule has 0 fully saturated rings. The molecule has 0 aromatic heterocycles. The van der Waals surface area contributed by atoms with E-state index in [1.54, 1.807) is 7.11 Å². The van der Waals surface area contributed by atoms with Crippen LogP contribution in [0.1, 0.15) is 31.7 Å². The molecule has 2 nitrogen and oxygen atoms in total. The first-order chi connectivity index (χ1) is 7.23. The Labute approximate surface area is 91.9 Å². The maximum atomic E-state index is 10.5. The van der Waals surface area contributed by atoms with Crippen molar-refractivity contribution in [3.05, 3.63) is 35.9 Å². The first-order valence-corrected chi connectivity index (χ1v) is 5.50.